The summed E-state index contributed by atoms with van der Waals surface area (Å²) in [5.74, 6) is 1.80. The zero-order chi connectivity index (χ0) is 27.4. The van der Waals surface area contributed by atoms with Crippen LogP contribution in [-0.2, 0) is 24.8 Å². The van der Waals surface area contributed by atoms with Crippen molar-refractivity contribution in [3.63, 3.8) is 0 Å². The summed E-state index contributed by atoms with van der Waals surface area (Å²) < 4.78 is 29.6. The lowest BCUT2D eigenvalue weighted by Gasteiger charge is -2.30. The molecule has 1 unspecified atom stereocenters. The van der Waals surface area contributed by atoms with Crippen molar-refractivity contribution in [3.8, 4) is 0 Å². The number of aryl methyl sites for hydroxylation is 1. The molecule has 0 bridgehead atoms. The van der Waals surface area contributed by atoms with Gasteiger partial charge >= 0.3 is 13.7 Å². The first-order valence-corrected chi connectivity index (χ1v) is 15.8. The van der Waals surface area contributed by atoms with Gasteiger partial charge in [-0.3, -0.25) is 4.57 Å². The summed E-state index contributed by atoms with van der Waals surface area (Å²) in [5.41, 5.74) is 1.36. The number of carbonyl (C=O) groups excluding carboxylic acids is 1. The van der Waals surface area contributed by atoms with E-state index in [2.05, 4.69) is 36.5 Å². The van der Waals surface area contributed by atoms with Crippen LogP contribution in [0.3, 0.4) is 0 Å². The van der Waals surface area contributed by atoms with Gasteiger partial charge in [-0.05, 0) is 83.8 Å². The third-order valence-corrected chi connectivity index (χ3v) is 8.51. The Balaban J connectivity index is 2.12. The van der Waals surface area contributed by atoms with E-state index in [4.69, 9.17) is 13.8 Å². The molecular weight excluding hydrogens is 485 g/mol. The van der Waals surface area contributed by atoms with E-state index < -0.39 is 24.8 Å². The standard InChI is InChI=1S/C30H50NO5P/c1-7-10-11-12-13-14-15-25-16-18-26(19-17-25)27-20-21-30(24-27,31-28(32)36-29(4,5)6)22-23-37(33,34-8-2)35-9-3/h16-19,22-23,27H,7-15,20-21,24H2,1-6H3,(H,31,32)/b23-22+/t27-,30?/m0/s1. The lowest BCUT2D eigenvalue weighted by Crippen LogP contribution is -2.47. The van der Waals surface area contributed by atoms with Gasteiger partial charge in [-0.2, -0.15) is 0 Å². The van der Waals surface area contributed by atoms with Gasteiger partial charge in [0.25, 0.3) is 0 Å². The van der Waals surface area contributed by atoms with Gasteiger partial charge < -0.3 is 19.1 Å². The van der Waals surface area contributed by atoms with Gasteiger partial charge in [0.05, 0.1) is 18.8 Å². The molecule has 2 atom stereocenters. The predicted molar refractivity (Wildman–Crippen MR) is 152 cm³/mol. The van der Waals surface area contributed by atoms with E-state index in [0.29, 0.717) is 12.8 Å². The van der Waals surface area contributed by atoms with Crippen molar-refractivity contribution in [2.45, 2.75) is 123 Å². The highest BCUT2D eigenvalue weighted by molar-refractivity contribution is 7.57. The molecule has 0 aromatic heterocycles. The van der Waals surface area contributed by atoms with Crippen LogP contribution in [0.5, 0.6) is 0 Å². The molecule has 1 aliphatic carbocycles. The van der Waals surface area contributed by atoms with Crippen molar-refractivity contribution in [1.82, 2.24) is 5.32 Å². The number of hydrogen-bond donors (Lipinski definition) is 1. The van der Waals surface area contributed by atoms with Crippen molar-refractivity contribution < 1.29 is 23.1 Å². The lowest BCUT2D eigenvalue weighted by molar-refractivity contribution is 0.0478. The molecule has 0 aliphatic heterocycles. The fourth-order valence-electron chi connectivity index (χ4n) is 4.96. The van der Waals surface area contributed by atoms with Gasteiger partial charge in [0, 0.05) is 5.82 Å². The summed E-state index contributed by atoms with van der Waals surface area (Å²) in [5, 5.41) is 3.09. The van der Waals surface area contributed by atoms with E-state index in [1.807, 2.05) is 26.8 Å². The molecular formula is C30H50NO5P. The van der Waals surface area contributed by atoms with Gasteiger partial charge in [-0.1, -0.05) is 69.4 Å². The number of ether oxygens (including phenoxy) is 1. The van der Waals surface area contributed by atoms with Crippen LogP contribution in [0.4, 0.5) is 4.79 Å². The highest BCUT2D eigenvalue weighted by atomic mass is 31.2. The maximum atomic E-state index is 13.1. The minimum Gasteiger partial charge on any atom is -0.444 e. The molecule has 1 aliphatic rings. The van der Waals surface area contributed by atoms with Crippen LogP contribution in [0.15, 0.2) is 36.2 Å². The summed E-state index contributed by atoms with van der Waals surface area (Å²) in [6, 6.07) is 8.96. The molecule has 7 heteroatoms. The molecule has 0 saturated heterocycles. The van der Waals surface area contributed by atoms with Crippen molar-refractivity contribution in [2.24, 2.45) is 0 Å². The van der Waals surface area contributed by atoms with Gasteiger partial charge in [0.1, 0.15) is 5.60 Å². The minimum absolute atomic E-state index is 0.279. The summed E-state index contributed by atoms with van der Waals surface area (Å²) in [7, 11) is -3.39. The Labute approximate surface area is 225 Å². The minimum atomic E-state index is -3.39. The summed E-state index contributed by atoms with van der Waals surface area (Å²) >= 11 is 0. The third kappa shape index (κ3) is 11.3. The number of amides is 1. The quantitative estimate of drug-likeness (QED) is 0.179. The number of benzene rings is 1. The summed E-state index contributed by atoms with van der Waals surface area (Å²) in [4.78, 5) is 12.8. The smallest absolute Gasteiger partial charge is 0.408 e. The number of unbranched alkanes of at least 4 members (excludes halogenated alkanes) is 5. The van der Waals surface area contributed by atoms with Crippen LogP contribution in [0.1, 0.15) is 116 Å². The van der Waals surface area contributed by atoms with Gasteiger partial charge in [0.2, 0.25) is 0 Å². The van der Waals surface area contributed by atoms with Crippen LogP contribution >= 0.6 is 7.60 Å². The second-order valence-corrected chi connectivity index (χ2v) is 13.1. The van der Waals surface area contributed by atoms with E-state index in [1.54, 1.807) is 13.8 Å². The Morgan fingerprint density at radius 2 is 1.65 bits per heavy atom. The maximum absolute atomic E-state index is 13.1. The molecule has 0 heterocycles. The maximum Gasteiger partial charge on any atom is 0.408 e. The third-order valence-electron chi connectivity index (χ3n) is 6.76. The van der Waals surface area contributed by atoms with E-state index in [9.17, 15) is 9.36 Å². The normalized spacial score (nSPS) is 20.4. The monoisotopic (exact) mass is 535 g/mol. The van der Waals surface area contributed by atoms with Crippen LogP contribution in [0.25, 0.3) is 0 Å². The van der Waals surface area contributed by atoms with Crippen molar-refractivity contribution in [2.75, 3.05) is 13.2 Å². The average molecular weight is 536 g/mol. The topological polar surface area (TPSA) is 73.9 Å². The first-order valence-electron chi connectivity index (χ1n) is 14.2. The molecule has 2 rings (SSSR count). The highest BCUT2D eigenvalue weighted by Gasteiger charge is 2.41. The van der Waals surface area contributed by atoms with E-state index in [0.717, 1.165) is 12.8 Å². The van der Waals surface area contributed by atoms with Gasteiger partial charge in [-0.15, -0.1) is 0 Å². The molecule has 210 valence electrons. The molecule has 1 aromatic rings. The molecule has 6 nitrogen and oxygen atoms in total. The van der Waals surface area contributed by atoms with Crippen LogP contribution in [0, 0.1) is 0 Å². The molecule has 37 heavy (non-hydrogen) atoms. The molecule has 0 spiro atoms. The first kappa shape index (κ1) is 31.6. The Hall–Kier alpha value is -1.62. The van der Waals surface area contributed by atoms with E-state index >= 15 is 0 Å². The van der Waals surface area contributed by atoms with E-state index in [-0.39, 0.29) is 19.1 Å². The second kappa shape index (κ2) is 15.1. The molecule has 1 fully saturated rings. The second-order valence-electron chi connectivity index (χ2n) is 11.2. The van der Waals surface area contributed by atoms with Crippen molar-refractivity contribution in [3.05, 3.63) is 47.3 Å². The largest absolute Gasteiger partial charge is 0.444 e. The zero-order valence-electron chi connectivity index (χ0n) is 24.0. The predicted octanol–water partition coefficient (Wildman–Crippen LogP) is 8.90. The lowest BCUT2D eigenvalue weighted by atomic mass is 9.91. The molecule has 1 aromatic carbocycles. The Bertz CT molecular complexity index is 882. The molecule has 1 amide bonds. The SMILES string of the molecule is CCCCCCCCc1ccc([C@H]2CCC(/C=C/P(=O)(OCC)OCC)(NC(=O)OC(C)(C)C)C2)cc1. The fourth-order valence-corrected chi connectivity index (χ4v) is 6.39. The summed E-state index contributed by atoms with van der Waals surface area (Å²) in [6.07, 6.45) is 12.6. The number of alkyl carbamates (subject to hydrolysis) is 1. The number of carbonyl (C=O) groups is 1. The number of nitrogens with one attached hydrogen (secondary N) is 1. The van der Waals surface area contributed by atoms with Crippen molar-refractivity contribution >= 4 is 13.7 Å². The first-order chi connectivity index (χ1) is 17.5. The molecule has 0 radical (unpaired) electrons. The van der Waals surface area contributed by atoms with Crippen molar-refractivity contribution in [1.29, 1.82) is 0 Å². The Kier molecular flexibility index (Phi) is 12.9. The number of hydrogen-bond acceptors (Lipinski definition) is 5. The van der Waals surface area contributed by atoms with Crippen LogP contribution in [-0.4, -0.2) is 30.4 Å². The van der Waals surface area contributed by atoms with Crippen LogP contribution in [0.2, 0.25) is 0 Å². The Morgan fingerprint density at radius 1 is 1.03 bits per heavy atom. The average Bonchev–Trinajstić information content (AvgIpc) is 3.24. The zero-order valence-corrected chi connectivity index (χ0v) is 24.9. The van der Waals surface area contributed by atoms with Crippen LogP contribution < -0.4 is 5.32 Å². The fraction of sp³-hybridized carbons (Fsp3) is 0.700. The Morgan fingerprint density at radius 3 is 2.24 bits per heavy atom. The highest BCUT2D eigenvalue weighted by Crippen LogP contribution is 2.51. The van der Waals surface area contributed by atoms with Gasteiger partial charge in [0.15, 0.2) is 0 Å². The van der Waals surface area contributed by atoms with Gasteiger partial charge in [-0.25, -0.2) is 4.79 Å². The number of rotatable bonds is 15. The summed E-state index contributed by atoms with van der Waals surface area (Å²) in [6.45, 7) is 11.9. The molecule has 1 N–H and O–H groups in total. The van der Waals surface area contributed by atoms with E-state index in [1.165, 1.54) is 55.5 Å². The molecule has 1 saturated carbocycles.